The first-order valence-corrected chi connectivity index (χ1v) is 6.95. The standard InChI is InChI=1S/C14H30N2.ClH/c1-5-14(6-2,7-3)12-16-9-8-13(4,10-15)11-16;/h5-12,15H2,1-4H3;1H. The monoisotopic (exact) mass is 262 g/mol. The highest BCUT2D eigenvalue weighted by Crippen LogP contribution is 2.35. The second kappa shape index (κ2) is 6.96. The van der Waals surface area contributed by atoms with Gasteiger partial charge in [-0.15, -0.1) is 12.4 Å². The van der Waals surface area contributed by atoms with Crippen LogP contribution in [0.1, 0.15) is 53.4 Å². The van der Waals surface area contributed by atoms with E-state index < -0.39 is 0 Å². The fourth-order valence-corrected chi connectivity index (χ4v) is 2.99. The molecule has 2 N–H and O–H groups in total. The van der Waals surface area contributed by atoms with Crippen molar-refractivity contribution < 1.29 is 0 Å². The molecule has 1 rings (SSSR count). The number of nitrogens with zero attached hydrogens (tertiary/aromatic N) is 1. The summed E-state index contributed by atoms with van der Waals surface area (Å²) < 4.78 is 0. The Morgan fingerprint density at radius 1 is 1.18 bits per heavy atom. The van der Waals surface area contributed by atoms with E-state index in [9.17, 15) is 0 Å². The number of nitrogens with two attached hydrogens (primary N) is 1. The summed E-state index contributed by atoms with van der Waals surface area (Å²) in [7, 11) is 0. The van der Waals surface area contributed by atoms with E-state index in [1.165, 1.54) is 45.3 Å². The van der Waals surface area contributed by atoms with E-state index in [1.807, 2.05) is 0 Å². The van der Waals surface area contributed by atoms with Gasteiger partial charge in [0.15, 0.2) is 0 Å². The summed E-state index contributed by atoms with van der Waals surface area (Å²) in [4.78, 5) is 2.64. The first-order chi connectivity index (χ1) is 7.53. The average molecular weight is 263 g/mol. The zero-order valence-electron chi connectivity index (χ0n) is 12.1. The van der Waals surface area contributed by atoms with Gasteiger partial charge in [0.2, 0.25) is 0 Å². The molecule has 0 spiro atoms. The Kier molecular flexibility index (Phi) is 7.05. The molecule has 0 aliphatic carbocycles. The van der Waals surface area contributed by atoms with E-state index in [0.717, 1.165) is 6.54 Å². The molecule has 0 radical (unpaired) electrons. The summed E-state index contributed by atoms with van der Waals surface area (Å²) in [6, 6.07) is 0. The van der Waals surface area contributed by atoms with Crippen molar-refractivity contribution in [2.75, 3.05) is 26.2 Å². The van der Waals surface area contributed by atoms with Crippen LogP contribution in [-0.2, 0) is 0 Å². The van der Waals surface area contributed by atoms with E-state index in [-0.39, 0.29) is 12.4 Å². The van der Waals surface area contributed by atoms with E-state index in [1.54, 1.807) is 0 Å². The molecule has 1 aliphatic heterocycles. The topological polar surface area (TPSA) is 29.3 Å². The second-order valence-electron chi connectivity index (χ2n) is 6.04. The molecule has 17 heavy (non-hydrogen) atoms. The zero-order chi connectivity index (χ0) is 12.2. The van der Waals surface area contributed by atoms with E-state index >= 15 is 0 Å². The Morgan fingerprint density at radius 2 is 1.71 bits per heavy atom. The lowest BCUT2D eigenvalue weighted by Gasteiger charge is -2.35. The Balaban J connectivity index is 0.00000256. The van der Waals surface area contributed by atoms with Gasteiger partial charge in [-0.1, -0.05) is 27.7 Å². The fraction of sp³-hybridized carbons (Fsp3) is 1.00. The largest absolute Gasteiger partial charge is 0.330 e. The van der Waals surface area contributed by atoms with Crippen LogP contribution in [-0.4, -0.2) is 31.1 Å². The number of hydrogen-bond donors (Lipinski definition) is 1. The molecular formula is C14H31ClN2. The molecule has 104 valence electrons. The van der Waals surface area contributed by atoms with E-state index in [2.05, 4.69) is 32.6 Å². The normalized spacial score (nSPS) is 25.9. The zero-order valence-corrected chi connectivity index (χ0v) is 12.9. The van der Waals surface area contributed by atoms with Crippen molar-refractivity contribution in [2.45, 2.75) is 53.4 Å². The van der Waals surface area contributed by atoms with Crippen LogP contribution in [0.2, 0.25) is 0 Å². The Hall–Kier alpha value is 0.210. The minimum absolute atomic E-state index is 0. The fourth-order valence-electron chi connectivity index (χ4n) is 2.99. The molecule has 0 amide bonds. The van der Waals surface area contributed by atoms with Crippen molar-refractivity contribution in [2.24, 2.45) is 16.6 Å². The maximum absolute atomic E-state index is 5.86. The first kappa shape index (κ1) is 17.2. The Labute approximate surface area is 114 Å². The molecule has 0 aromatic rings. The minimum Gasteiger partial charge on any atom is -0.330 e. The van der Waals surface area contributed by atoms with Gasteiger partial charge in [-0.05, 0) is 49.6 Å². The van der Waals surface area contributed by atoms with Gasteiger partial charge < -0.3 is 10.6 Å². The molecule has 1 saturated heterocycles. The van der Waals surface area contributed by atoms with Crippen LogP contribution in [0.4, 0.5) is 0 Å². The summed E-state index contributed by atoms with van der Waals surface area (Å²) in [6.07, 6.45) is 5.18. The molecule has 1 unspecified atom stereocenters. The highest BCUT2D eigenvalue weighted by Gasteiger charge is 2.36. The van der Waals surface area contributed by atoms with Crippen molar-refractivity contribution >= 4 is 12.4 Å². The maximum atomic E-state index is 5.86. The average Bonchev–Trinajstić information content (AvgIpc) is 2.69. The molecule has 1 fully saturated rings. The highest BCUT2D eigenvalue weighted by atomic mass is 35.5. The lowest BCUT2D eigenvalue weighted by Crippen LogP contribution is -2.38. The number of hydrogen-bond acceptors (Lipinski definition) is 2. The van der Waals surface area contributed by atoms with Gasteiger partial charge in [-0.2, -0.15) is 0 Å². The van der Waals surface area contributed by atoms with Crippen LogP contribution >= 0.6 is 12.4 Å². The molecule has 2 nitrogen and oxygen atoms in total. The lowest BCUT2D eigenvalue weighted by atomic mass is 9.79. The summed E-state index contributed by atoms with van der Waals surface area (Å²) in [5.74, 6) is 0. The van der Waals surface area contributed by atoms with Crippen molar-refractivity contribution in [3.05, 3.63) is 0 Å². The van der Waals surface area contributed by atoms with Crippen molar-refractivity contribution in [1.82, 2.24) is 4.90 Å². The molecule has 1 aliphatic rings. The third-order valence-corrected chi connectivity index (χ3v) is 4.94. The number of rotatable bonds is 6. The van der Waals surface area contributed by atoms with Gasteiger partial charge >= 0.3 is 0 Å². The van der Waals surface area contributed by atoms with Gasteiger partial charge in [0.25, 0.3) is 0 Å². The van der Waals surface area contributed by atoms with Crippen LogP contribution in [0.3, 0.4) is 0 Å². The highest BCUT2D eigenvalue weighted by molar-refractivity contribution is 5.85. The Morgan fingerprint density at radius 3 is 2.06 bits per heavy atom. The number of likely N-dealkylation sites (tertiary alicyclic amines) is 1. The van der Waals surface area contributed by atoms with Crippen LogP contribution in [0.25, 0.3) is 0 Å². The molecule has 0 saturated carbocycles. The molecule has 0 aromatic heterocycles. The van der Waals surface area contributed by atoms with Gasteiger partial charge in [-0.3, -0.25) is 0 Å². The van der Waals surface area contributed by atoms with Crippen molar-refractivity contribution in [1.29, 1.82) is 0 Å². The van der Waals surface area contributed by atoms with Crippen molar-refractivity contribution in [3.63, 3.8) is 0 Å². The molecular weight excluding hydrogens is 232 g/mol. The van der Waals surface area contributed by atoms with Gasteiger partial charge in [0, 0.05) is 13.1 Å². The summed E-state index contributed by atoms with van der Waals surface area (Å²) in [5.41, 5.74) is 6.78. The number of halogens is 1. The van der Waals surface area contributed by atoms with Gasteiger partial charge in [-0.25, -0.2) is 0 Å². The first-order valence-electron chi connectivity index (χ1n) is 6.95. The lowest BCUT2D eigenvalue weighted by molar-refractivity contribution is 0.142. The Bertz CT molecular complexity index is 208. The summed E-state index contributed by atoms with van der Waals surface area (Å²) >= 11 is 0. The molecule has 1 heterocycles. The van der Waals surface area contributed by atoms with Crippen LogP contribution in [0.15, 0.2) is 0 Å². The second-order valence-corrected chi connectivity index (χ2v) is 6.04. The van der Waals surface area contributed by atoms with Crippen LogP contribution in [0.5, 0.6) is 0 Å². The van der Waals surface area contributed by atoms with Gasteiger partial charge in [0.05, 0.1) is 0 Å². The minimum atomic E-state index is 0. The molecule has 0 bridgehead atoms. The maximum Gasteiger partial charge on any atom is 0.00481 e. The molecule has 0 aromatic carbocycles. The molecule has 3 heteroatoms. The summed E-state index contributed by atoms with van der Waals surface area (Å²) in [5, 5.41) is 0. The van der Waals surface area contributed by atoms with Crippen LogP contribution < -0.4 is 5.73 Å². The quantitative estimate of drug-likeness (QED) is 0.796. The third-order valence-electron chi connectivity index (χ3n) is 4.94. The van der Waals surface area contributed by atoms with Gasteiger partial charge in [0.1, 0.15) is 0 Å². The predicted octanol–water partition coefficient (Wildman–Crippen LogP) is 3.30. The van der Waals surface area contributed by atoms with Crippen molar-refractivity contribution in [3.8, 4) is 0 Å². The summed E-state index contributed by atoms with van der Waals surface area (Å²) in [6.45, 7) is 13.9. The van der Waals surface area contributed by atoms with Crippen LogP contribution in [0, 0.1) is 10.8 Å². The van der Waals surface area contributed by atoms with E-state index in [4.69, 9.17) is 5.73 Å². The smallest absolute Gasteiger partial charge is 0.00481 e. The SMILES string of the molecule is CCC(CC)(CC)CN1CCC(C)(CN)C1.Cl. The van der Waals surface area contributed by atoms with E-state index in [0.29, 0.717) is 10.8 Å². The predicted molar refractivity (Wildman–Crippen MR) is 78.8 cm³/mol. The third kappa shape index (κ3) is 4.11. The molecule has 1 atom stereocenters.